The number of anilines is 3. The molecule has 4 rings (SSSR count). The van der Waals surface area contributed by atoms with Gasteiger partial charge in [-0.3, -0.25) is 10.1 Å². The topological polar surface area (TPSA) is 131 Å². The van der Waals surface area contributed by atoms with Crippen LogP contribution in [0.25, 0.3) is 6.08 Å². The number of nitrogens with one attached hydrogen (secondary N) is 1. The summed E-state index contributed by atoms with van der Waals surface area (Å²) in [6, 6.07) is 6.36. The number of ether oxygens (including phenoxy) is 2. The predicted molar refractivity (Wildman–Crippen MR) is 120 cm³/mol. The molecule has 0 saturated carbocycles. The molecule has 0 spiro atoms. The number of hydrogen-bond donors (Lipinski definition) is 1. The van der Waals surface area contributed by atoms with E-state index in [9.17, 15) is 10.1 Å². The number of allylic oxidation sites excluding steroid dienone is 1. The highest BCUT2D eigenvalue weighted by Crippen LogP contribution is 2.19. The molecule has 3 heterocycles. The molecular weight excluding hydrogens is 416 g/mol. The molecule has 0 amide bonds. The van der Waals surface area contributed by atoms with Crippen molar-refractivity contribution in [3.8, 4) is 0 Å². The molecule has 2 aliphatic rings. The van der Waals surface area contributed by atoms with Crippen molar-refractivity contribution in [2.24, 2.45) is 5.10 Å². The van der Waals surface area contributed by atoms with Crippen molar-refractivity contribution >= 4 is 35.8 Å². The third-order valence-electron chi connectivity index (χ3n) is 4.89. The Balaban J connectivity index is 1.46. The molecule has 2 fully saturated rings. The normalized spacial score (nSPS) is 17.2. The summed E-state index contributed by atoms with van der Waals surface area (Å²) in [6.45, 7) is 5.35. The number of aromatic nitrogens is 3. The number of non-ortho nitro benzene ring substituents is 1. The molecule has 0 aliphatic carbocycles. The Morgan fingerprint density at radius 1 is 1.00 bits per heavy atom. The van der Waals surface area contributed by atoms with E-state index in [0.29, 0.717) is 76.0 Å². The molecule has 0 atom stereocenters. The zero-order valence-electron chi connectivity index (χ0n) is 17.5. The first-order valence-corrected chi connectivity index (χ1v) is 10.3. The van der Waals surface area contributed by atoms with E-state index in [-0.39, 0.29) is 5.69 Å². The first kappa shape index (κ1) is 21.6. The summed E-state index contributed by atoms with van der Waals surface area (Å²) in [7, 11) is 0. The van der Waals surface area contributed by atoms with Crippen molar-refractivity contribution in [2.75, 3.05) is 67.8 Å². The number of nitrogens with zero attached hydrogens (tertiary/aromatic N) is 7. The lowest BCUT2D eigenvalue weighted by atomic mass is 10.2. The number of nitro benzene ring substituents is 1. The van der Waals surface area contributed by atoms with Crippen LogP contribution in [0.5, 0.6) is 0 Å². The van der Waals surface area contributed by atoms with Crippen molar-refractivity contribution < 1.29 is 14.4 Å². The summed E-state index contributed by atoms with van der Waals surface area (Å²) in [5.41, 5.74) is 3.60. The van der Waals surface area contributed by atoms with Crippen LogP contribution in [0.15, 0.2) is 35.4 Å². The fourth-order valence-corrected chi connectivity index (χ4v) is 3.25. The first-order chi connectivity index (χ1) is 15.7. The molecule has 32 heavy (non-hydrogen) atoms. The molecule has 168 valence electrons. The first-order valence-electron chi connectivity index (χ1n) is 10.3. The van der Waals surface area contributed by atoms with Crippen molar-refractivity contribution in [3.05, 3.63) is 46.0 Å². The van der Waals surface area contributed by atoms with Gasteiger partial charge in [-0.05, 0) is 11.6 Å². The molecule has 0 bridgehead atoms. The standard InChI is InChI=1S/C20H24N8O4/c29-28(30)17-5-1-3-16(15-17)4-2-6-21-25-18-22-19(26-7-11-31-12-8-26)24-20(23-18)27-9-13-32-14-10-27/h1-6,15H,7-14H2,(H,22,23,24,25). The average Bonchev–Trinajstić information content (AvgIpc) is 2.85. The van der Waals surface area contributed by atoms with Gasteiger partial charge in [-0.2, -0.15) is 20.1 Å². The van der Waals surface area contributed by atoms with E-state index in [1.165, 1.54) is 18.3 Å². The summed E-state index contributed by atoms with van der Waals surface area (Å²) < 4.78 is 10.8. The second-order valence-electron chi connectivity index (χ2n) is 7.06. The van der Waals surface area contributed by atoms with Crippen LogP contribution < -0.4 is 15.2 Å². The minimum atomic E-state index is -0.425. The van der Waals surface area contributed by atoms with Crippen LogP contribution >= 0.6 is 0 Å². The SMILES string of the molecule is O=[N+]([O-])c1cccc(C=CC=NNc2nc(N3CCOCC3)nc(N3CCOCC3)n2)c1. The van der Waals surface area contributed by atoms with E-state index in [1.807, 2.05) is 0 Å². The third-order valence-corrected chi connectivity index (χ3v) is 4.89. The summed E-state index contributed by atoms with van der Waals surface area (Å²) in [4.78, 5) is 28.2. The van der Waals surface area contributed by atoms with Gasteiger partial charge in [0.25, 0.3) is 5.69 Å². The van der Waals surface area contributed by atoms with E-state index in [0.717, 1.165) is 0 Å². The van der Waals surface area contributed by atoms with Crippen LogP contribution in [0, 0.1) is 10.1 Å². The van der Waals surface area contributed by atoms with E-state index < -0.39 is 4.92 Å². The molecule has 2 aliphatic heterocycles. The monoisotopic (exact) mass is 440 g/mol. The van der Waals surface area contributed by atoms with E-state index >= 15 is 0 Å². The summed E-state index contributed by atoms with van der Waals surface area (Å²) in [5.74, 6) is 1.49. The highest BCUT2D eigenvalue weighted by molar-refractivity contribution is 5.79. The molecule has 12 heteroatoms. The Kier molecular flexibility index (Phi) is 7.15. The van der Waals surface area contributed by atoms with Crippen LogP contribution in [-0.4, -0.2) is 78.7 Å². The van der Waals surface area contributed by atoms with Crippen LogP contribution in [-0.2, 0) is 9.47 Å². The average molecular weight is 440 g/mol. The number of morpholine rings is 2. The van der Waals surface area contributed by atoms with Gasteiger partial charge in [-0.1, -0.05) is 18.2 Å². The maximum absolute atomic E-state index is 10.9. The predicted octanol–water partition coefficient (Wildman–Crippen LogP) is 1.56. The highest BCUT2D eigenvalue weighted by Gasteiger charge is 2.20. The van der Waals surface area contributed by atoms with Gasteiger partial charge in [-0.25, -0.2) is 5.43 Å². The molecule has 12 nitrogen and oxygen atoms in total. The van der Waals surface area contributed by atoms with Crippen LogP contribution in [0.2, 0.25) is 0 Å². The number of benzene rings is 1. The van der Waals surface area contributed by atoms with Crippen LogP contribution in [0.3, 0.4) is 0 Å². The van der Waals surface area contributed by atoms with Gasteiger partial charge in [0.05, 0.1) is 31.4 Å². The van der Waals surface area contributed by atoms with Gasteiger partial charge in [-0.15, -0.1) is 0 Å². The Hall–Kier alpha value is -3.64. The maximum Gasteiger partial charge on any atom is 0.270 e. The number of hydrazone groups is 1. The van der Waals surface area contributed by atoms with Crippen LogP contribution in [0.1, 0.15) is 5.56 Å². The van der Waals surface area contributed by atoms with Gasteiger partial charge < -0.3 is 19.3 Å². The van der Waals surface area contributed by atoms with Crippen molar-refractivity contribution in [1.29, 1.82) is 0 Å². The lowest BCUT2D eigenvalue weighted by Gasteiger charge is -2.30. The zero-order valence-corrected chi connectivity index (χ0v) is 17.5. The minimum Gasteiger partial charge on any atom is -0.378 e. The molecule has 1 aromatic carbocycles. The largest absolute Gasteiger partial charge is 0.378 e. The highest BCUT2D eigenvalue weighted by atomic mass is 16.6. The van der Waals surface area contributed by atoms with Crippen molar-refractivity contribution in [3.63, 3.8) is 0 Å². The maximum atomic E-state index is 10.9. The van der Waals surface area contributed by atoms with E-state index in [1.54, 1.807) is 24.3 Å². The van der Waals surface area contributed by atoms with E-state index in [4.69, 9.17) is 9.47 Å². The number of nitro groups is 1. The summed E-state index contributed by atoms with van der Waals surface area (Å²) in [5, 5.41) is 15.0. The van der Waals surface area contributed by atoms with Crippen molar-refractivity contribution in [1.82, 2.24) is 15.0 Å². The molecule has 0 unspecified atom stereocenters. The Bertz CT molecular complexity index is 951. The summed E-state index contributed by atoms with van der Waals surface area (Å²) in [6.07, 6.45) is 4.94. The Morgan fingerprint density at radius 2 is 1.62 bits per heavy atom. The molecule has 2 aromatic rings. The van der Waals surface area contributed by atoms with Gasteiger partial charge in [0, 0.05) is 44.5 Å². The minimum absolute atomic E-state index is 0.0404. The number of rotatable bonds is 7. The fraction of sp³-hybridized carbons (Fsp3) is 0.400. The second-order valence-corrected chi connectivity index (χ2v) is 7.06. The van der Waals surface area contributed by atoms with Gasteiger partial charge in [0.2, 0.25) is 17.8 Å². The zero-order chi connectivity index (χ0) is 22.2. The summed E-state index contributed by atoms with van der Waals surface area (Å²) >= 11 is 0. The fourth-order valence-electron chi connectivity index (χ4n) is 3.25. The number of hydrogen-bond acceptors (Lipinski definition) is 11. The second kappa shape index (κ2) is 10.6. The van der Waals surface area contributed by atoms with Gasteiger partial charge in [0.15, 0.2) is 0 Å². The quantitative estimate of drug-likeness (QED) is 0.384. The molecule has 2 saturated heterocycles. The van der Waals surface area contributed by atoms with E-state index in [2.05, 4.69) is 35.3 Å². The van der Waals surface area contributed by atoms with Crippen molar-refractivity contribution in [2.45, 2.75) is 0 Å². The van der Waals surface area contributed by atoms with Gasteiger partial charge >= 0.3 is 0 Å². The molecular formula is C20H24N8O4. The molecule has 1 aromatic heterocycles. The van der Waals surface area contributed by atoms with Gasteiger partial charge in [0.1, 0.15) is 0 Å². The molecule has 1 N–H and O–H groups in total. The Labute approximate surface area is 184 Å². The molecule has 0 radical (unpaired) electrons. The lowest BCUT2D eigenvalue weighted by molar-refractivity contribution is -0.384. The smallest absolute Gasteiger partial charge is 0.270 e. The third kappa shape index (κ3) is 5.74. The lowest BCUT2D eigenvalue weighted by Crippen LogP contribution is -2.40. The van der Waals surface area contributed by atoms with Crippen LogP contribution in [0.4, 0.5) is 23.5 Å². The Morgan fingerprint density at radius 3 is 2.22 bits per heavy atom.